The molecule has 3 heterocycles. The highest BCUT2D eigenvalue weighted by molar-refractivity contribution is 6.35. The van der Waals surface area contributed by atoms with Crippen LogP contribution in [0.2, 0.25) is 10.0 Å². The summed E-state index contributed by atoms with van der Waals surface area (Å²) in [6.07, 6.45) is -1.46. The zero-order chi connectivity index (χ0) is 27.0. The first-order valence-electron chi connectivity index (χ1n) is 11.9. The average Bonchev–Trinajstić information content (AvgIpc) is 3.05. The van der Waals surface area contributed by atoms with Crippen LogP contribution in [-0.4, -0.2) is 46.7 Å². The molecule has 0 spiro atoms. The fourth-order valence-electron chi connectivity index (χ4n) is 4.91. The fourth-order valence-corrected chi connectivity index (χ4v) is 5.35. The number of carbonyl (C=O) groups excluding carboxylic acids is 2. The lowest BCUT2D eigenvalue weighted by Gasteiger charge is -2.40. The van der Waals surface area contributed by atoms with Crippen LogP contribution in [0.5, 0.6) is 5.75 Å². The molecule has 0 unspecified atom stereocenters. The van der Waals surface area contributed by atoms with Crippen molar-refractivity contribution in [2.45, 2.75) is 75.9 Å². The van der Waals surface area contributed by atoms with Gasteiger partial charge in [0, 0.05) is 23.1 Å². The van der Waals surface area contributed by atoms with Crippen LogP contribution in [0.1, 0.15) is 46.0 Å². The first-order chi connectivity index (χ1) is 17.3. The number of hydrogen-bond donors (Lipinski definition) is 2. The first-order valence-corrected chi connectivity index (χ1v) is 12.6. The summed E-state index contributed by atoms with van der Waals surface area (Å²) in [6.45, 7) is 3.35. The lowest BCUT2D eigenvalue weighted by Crippen LogP contribution is -2.55. The number of amides is 2. The van der Waals surface area contributed by atoms with Gasteiger partial charge in [-0.05, 0) is 69.9 Å². The van der Waals surface area contributed by atoms with Gasteiger partial charge in [0.1, 0.15) is 18.0 Å². The monoisotopic (exact) mass is 558 g/mol. The Balaban J connectivity index is 1.35. The van der Waals surface area contributed by atoms with Crippen molar-refractivity contribution < 1.29 is 27.5 Å². The van der Waals surface area contributed by atoms with Crippen molar-refractivity contribution >= 4 is 46.5 Å². The molecule has 7 nitrogen and oxygen atoms in total. The summed E-state index contributed by atoms with van der Waals surface area (Å²) < 4.78 is 43.1. The second-order valence-corrected chi connectivity index (χ2v) is 10.7. The molecule has 2 bridgehead atoms. The molecule has 37 heavy (non-hydrogen) atoms. The maximum atomic E-state index is 13.1. The van der Waals surface area contributed by atoms with Crippen molar-refractivity contribution in [1.82, 2.24) is 10.3 Å². The fraction of sp³-hybridized carbons (Fsp3) is 0.480. The summed E-state index contributed by atoms with van der Waals surface area (Å²) in [5.41, 5.74) is -0.961. The molecule has 2 aliphatic heterocycles. The van der Waals surface area contributed by atoms with Crippen molar-refractivity contribution in [3.8, 4) is 5.75 Å². The summed E-state index contributed by atoms with van der Waals surface area (Å²) in [6, 6.07) is 8.31. The van der Waals surface area contributed by atoms with Gasteiger partial charge in [-0.3, -0.25) is 9.59 Å². The average molecular weight is 559 g/mol. The Morgan fingerprint density at radius 1 is 1.11 bits per heavy atom. The number of benzene rings is 1. The highest BCUT2D eigenvalue weighted by Crippen LogP contribution is 2.39. The Hall–Kier alpha value is -2.72. The van der Waals surface area contributed by atoms with Crippen molar-refractivity contribution in [2.24, 2.45) is 0 Å². The van der Waals surface area contributed by atoms with Gasteiger partial charge in [-0.2, -0.15) is 13.2 Å². The molecule has 12 heteroatoms. The second kappa shape index (κ2) is 10.6. The maximum absolute atomic E-state index is 13.1. The summed E-state index contributed by atoms with van der Waals surface area (Å²) in [5, 5.41) is 6.12. The number of hydrogen-bond acceptors (Lipinski definition) is 5. The molecule has 2 aliphatic rings. The van der Waals surface area contributed by atoms with E-state index in [9.17, 15) is 22.8 Å². The van der Waals surface area contributed by atoms with Gasteiger partial charge in [0.25, 0.3) is 5.91 Å². The van der Waals surface area contributed by atoms with E-state index in [0.29, 0.717) is 34.5 Å². The van der Waals surface area contributed by atoms with Gasteiger partial charge in [0.15, 0.2) is 5.60 Å². The molecule has 0 radical (unpaired) electrons. The van der Waals surface area contributed by atoms with Crippen molar-refractivity contribution in [3.05, 3.63) is 46.6 Å². The van der Waals surface area contributed by atoms with E-state index >= 15 is 0 Å². The molecule has 0 aliphatic carbocycles. The number of rotatable bonds is 7. The third kappa shape index (κ3) is 6.78. The summed E-state index contributed by atoms with van der Waals surface area (Å²) in [7, 11) is 0. The molecule has 0 saturated carbocycles. The van der Waals surface area contributed by atoms with Crippen LogP contribution in [0.3, 0.4) is 0 Å². The summed E-state index contributed by atoms with van der Waals surface area (Å²) >= 11 is 12.1. The minimum atomic E-state index is -4.57. The van der Waals surface area contributed by atoms with Crippen molar-refractivity contribution in [3.63, 3.8) is 0 Å². The van der Waals surface area contributed by atoms with Crippen LogP contribution in [0.25, 0.3) is 0 Å². The molecule has 2 saturated heterocycles. The van der Waals surface area contributed by atoms with E-state index in [0.717, 1.165) is 12.8 Å². The summed E-state index contributed by atoms with van der Waals surface area (Å²) in [5.74, 6) is -0.338. The van der Waals surface area contributed by atoms with Gasteiger partial charge in [0.05, 0.1) is 16.9 Å². The number of halogens is 5. The number of pyridine rings is 1. The van der Waals surface area contributed by atoms with Gasteiger partial charge in [-0.1, -0.05) is 23.2 Å². The van der Waals surface area contributed by atoms with E-state index in [2.05, 4.69) is 20.5 Å². The van der Waals surface area contributed by atoms with Gasteiger partial charge < -0.3 is 20.3 Å². The van der Waals surface area contributed by atoms with Gasteiger partial charge in [-0.25, -0.2) is 4.98 Å². The minimum absolute atomic E-state index is 0.0502. The van der Waals surface area contributed by atoms with Gasteiger partial charge in [0.2, 0.25) is 5.91 Å². The highest BCUT2D eigenvalue weighted by atomic mass is 35.5. The number of ether oxygens (including phenoxy) is 1. The van der Waals surface area contributed by atoms with Crippen LogP contribution in [0.4, 0.5) is 24.7 Å². The van der Waals surface area contributed by atoms with E-state index in [1.165, 1.54) is 6.20 Å². The van der Waals surface area contributed by atoms with Gasteiger partial charge in [-0.15, -0.1) is 0 Å². The number of anilines is 2. The molecule has 2 aromatic rings. The summed E-state index contributed by atoms with van der Waals surface area (Å²) in [4.78, 5) is 31.2. The quantitative estimate of drug-likeness (QED) is 0.452. The zero-order valence-electron chi connectivity index (χ0n) is 20.2. The van der Waals surface area contributed by atoms with Crippen LogP contribution >= 0.6 is 23.2 Å². The third-order valence-electron chi connectivity index (χ3n) is 6.53. The molecule has 200 valence electrons. The van der Waals surface area contributed by atoms with Crippen molar-refractivity contribution in [1.29, 1.82) is 0 Å². The second-order valence-electron chi connectivity index (χ2n) is 9.87. The van der Waals surface area contributed by atoms with E-state index in [1.54, 1.807) is 44.2 Å². The van der Waals surface area contributed by atoms with Crippen LogP contribution in [0, 0.1) is 0 Å². The largest absolute Gasteiger partial charge is 0.476 e. The standard InChI is InChI=1S/C25H27Cl2F3N4O3/c1-24(2,37-20-7-3-14(26)9-19(20)27)23(36)33-16-10-17-5-6-18(11-16)34(17)21-8-4-15(13-31-21)32-22(35)12-25(28,29)30/h3-4,7-9,13,16-18H,5-6,10-12H2,1-2H3,(H,32,35)(H,33,36)/t16-,17+,18-. The van der Waals surface area contributed by atoms with Crippen LogP contribution in [0.15, 0.2) is 36.5 Å². The van der Waals surface area contributed by atoms with Crippen LogP contribution in [-0.2, 0) is 9.59 Å². The molecule has 2 N–H and O–H groups in total. The molecule has 2 fully saturated rings. The maximum Gasteiger partial charge on any atom is 0.397 e. The molecule has 2 amide bonds. The number of nitrogens with one attached hydrogen (secondary N) is 2. The Bertz CT molecular complexity index is 1150. The molecule has 1 aromatic heterocycles. The van der Waals surface area contributed by atoms with E-state index < -0.39 is 24.1 Å². The number of aromatic nitrogens is 1. The van der Waals surface area contributed by atoms with E-state index in [1.807, 2.05) is 0 Å². The highest BCUT2D eigenvalue weighted by Gasteiger charge is 2.43. The Labute approximate surface area is 222 Å². The smallest absolute Gasteiger partial charge is 0.397 e. The molecular formula is C25H27Cl2F3N4O3. The van der Waals surface area contributed by atoms with E-state index in [-0.39, 0.29) is 29.7 Å². The number of piperidine rings is 1. The van der Waals surface area contributed by atoms with E-state index in [4.69, 9.17) is 27.9 Å². The lowest BCUT2D eigenvalue weighted by molar-refractivity contribution is -0.150. The topological polar surface area (TPSA) is 83.6 Å². The molecule has 3 atom stereocenters. The Morgan fingerprint density at radius 3 is 2.35 bits per heavy atom. The molecule has 1 aromatic carbocycles. The Kier molecular flexibility index (Phi) is 7.80. The van der Waals surface area contributed by atoms with Crippen molar-refractivity contribution in [2.75, 3.05) is 10.2 Å². The van der Waals surface area contributed by atoms with Gasteiger partial charge >= 0.3 is 6.18 Å². The third-order valence-corrected chi connectivity index (χ3v) is 7.06. The van der Waals surface area contributed by atoms with Crippen LogP contribution < -0.4 is 20.3 Å². The number of nitrogens with zero attached hydrogens (tertiary/aromatic N) is 2. The normalized spacial score (nSPS) is 21.5. The SMILES string of the molecule is CC(C)(Oc1ccc(Cl)cc1Cl)C(=O)N[C@H]1C[C@H]2CC[C@@H](C1)N2c1ccc(NC(=O)CC(F)(F)F)cn1. The predicted octanol–water partition coefficient (Wildman–Crippen LogP) is 5.75. The predicted molar refractivity (Wildman–Crippen MR) is 135 cm³/mol. The Morgan fingerprint density at radius 2 is 1.78 bits per heavy atom. The number of carbonyl (C=O) groups is 2. The number of fused-ring (bicyclic) bond motifs is 2. The minimum Gasteiger partial charge on any atom is -0.476 e. The molecular weight excluding hydrogens is 532 g/mol. The first kappa shape index (κ1) is 27.3. The lowest BCUT2D eigenvalue weighted by atomic mass is 9.96. The zero-order valence-corrected chi connectivity index (χ0v) is 21.8. The number of alkyl halides is 3. The molecule has 4 rings (SSSR count).